The number of nitro groups is 1. The highest BCUT2D eigenvalue weighted by atomic mass is 16.6. The van der Waals surface area contributed by atoms with E-state index in [0.29, 0.717) is 28.3 Å². The molecule has 0 bridgehead atoms. The lowest BCUT2D eigenvalue weighted by Gasteiger charge is -2.02. The maximum Gasteiger partial charge on any atom is 0.279 e. The number of rotatable bonds is 3. The molecular formula is C15H14N2O3. The second kappa shape index (κ2) is 3.91. The zero-order valence-corrected chi connectivity index (χ0v) is 10.8. The van der Waals surface area contributed by atoms with E-state index in [9.17, 15) is 14.9 Å². The summed E-state index contributed by atoms with van der Waals surface area (Å²) < 4.78 is 0. The molecule has 0 aliphatic heterocycles. The van der Waals surface area contributed by atoms with Crippen LogP contribution in [0.25, 0.3) is 10.9 Å². The quantitative estimate of drug-likeness (QED) is 0.528. The van der Waals surface area contributed by atoms with Crippen molar-refractivity contribution in [1.29, 1.82) is 0 Å². The van der Waals surface area contributed by atoms with Crippen LogP contribution in [0.15, 0.2) is 24.4 Å². The summed E-state index contributed by atoms with van der Waals surface area (Å²) in [5.74, 6) is 1.23. The molecule has 1 N–H and O–H groups in total. The normalized spacial score (nSPS) is 27.5. The van der Waals surface area contributed by atoms with E-state index in [1.807, 2.05) is 0 Å². The lowest BCUT2D eigenvalue weighted by Crippen LogP contribution is -2.06. The molecule has 5 nitrogen and oxygen atoms in total. The fourth-order valence-electron chi connectivity index (χ4n) is 3.90. The Hall–Kier alpha value is -2.17. The third kappa shape index (κ3) is 1.46. The molecule has 0 amide bonds. The summed E-state index contributed by atoms with van der Waals surface area (Å²) in [5.41, 5.74) is 1.16. The summed E-state index contributed by atoms with van der Waals surface area (Å²) in [7, 11) is 0. The van der Waals surface area contributed by atoms with Crippen molar-refractivity contribution in [1.82, 2.24) is 4.98 Å². The van der Waals surface area contributed by atoms with Gasteiger partial charge in [-0.1, -0.05) is 12.5 Å². The zero-order chi connectivity index (χ0) is 13.9. The Balaban J connectivity index is 1.80. The predicted molar refractivity (Wildman–Crippen MR) is 73.6 cm³/mol. The molecule has 0 radical (unpaired) electrons. The van der Waals surface area contributed by atoms with E-state index < -0.39 is 4.92 Å². The highest BCUT2D eigenvalue weighted by Crippen LogP contribution is 2.58. The molecule has 1 heterocycles. The first kappa shape index (κ1) is 11.6. The van der Waals surface area contributed by atoms with Gasteiger partial charge in [0.2, 0.25) is 0 Å². The second-order valence-electron chi connectivity index (χ2n) is 5.81. The molecule has 20 heavy (non-hydrogen) atoms. The third-order valence-electron chi connectivity index (χ3n) is 4.86. The number of nitrogens with zero attached hydrogens (tertiary/aromatic N) is 1. The first-order valence-electron chi connectivity index (χ1n) is 6.97. The van der Waals surface area contributed by atoms with E-state index in [4.69, 9.17) is 0 Å². The number of hydrogen-bond acceptors (Lipinski definition) is 3. The lowest BCUT2D eigenvalue weighted by molar-refractivity contribution is -0.383. The van der Waals surface area contributed by atoms with Crippen molar-refractivity contribution in [3.8, 4) is 0 Å². The molecule has 5 heteroatoms. The van der Waals surface area contributed by atoms with Crippen molar-refractivity contribution < 1.29 is 9.72 Å². The van der Waals surface area contributed by atoms with E-state index >= 15 is 0 Å². The van der Waals surface area contributed by atoms with Gasteiger partial charge in [0.05, 0.1) is 21.4 Å². The van der Waals surface area contributed by atoms with E-state index in [1.54, 1.807) is 18.3 Å². The molecule has 2 unspecified atom stereocenters. The van der Waals surface area contributed by atoms with Crippen LogP contribution in [0.4, 0.5) is 5.69 Å². The van der Waals surface area contributed by atoms with Crippen LogP contribution in [-0.4, -0.2) is 15.7 Å². The summed E-state index contributed by atoms with van der Waals surface area (Å²) in [5, 5.41) is 11.6. The van der Waals surface area contributed by atoms with Gasteiger partial charge in [-0.05, 0) is 30.7 Å². The summed E-state index contributed by atoms with van der Waals surface area (Å²) >= 11 is 0. The number of non-ortho nitro benzene ring substituents is 1. The number of aromatic amines is 1. The molecule has 0 saturated heterocycles. The number of hydrogen-bond donors (Lipinski definition) is 1. The van der Waals surface area contributed by atoms with Gasteiger partial charge in [-0.3, -0.25) is 14.9 Å². The van der Waals surface area contributed by atoms with Crippen LogP contribution in [0.1, 0.15) is 29.6 Å². The summed E-state index contributed by atoms with van der Waals surface area (Å²) in [6.07, 6.45) is 5.11. The maximum absolute atomic E-state index is 12.6. The van der Waals surface area contributed by atoms with Crippen molar-refractivity contribution in [3.05, 3.63) is 40.1 Å². The number of Topliss-reactive ketones (excluding diaryl/α,β-unsaturated/α-hetero) is 1. The van der Waals surface area contributed by atoms with Crippen LogP contribution < -0.4 is 0 Å². The number of benzene rings is 1. The Morgan fingerprint density at radius 3 is 2.75 bits per heavy atom. The van der Waals surface area contributed by atoms with Crippen molar-refractivity contribution >= 4 is 22.4 Å². The van der Waals surface area contributed by atoms with Crippen LogP contribution in [0.2, 0.25) is 0 Å². The molecule has 102 valence electrons. The number of fused-ring (bicyclic) bond motifs is 2. The summed E-state index contributed by atoms with van der Waals surface area (Å²) in [4.78, 5) is 26.3. The maximum atomic E-state index is 12.6. The Morgan fingerprint density at radius 1 is 1.30 bits per heavy atom. The zero-order valence-electron chi connectivity index (χ0n) is 10.8. The number of nitrogens with one attached hydrogen (secondary N) is 1. The van der Waals surface area contributed by atoms with Crippen LogP contribution >= 0.6 is 0 Å². The number of carbonyl (C=O) groups excluding carboxylic acids is 1. The van der Waals surface area contributed by atoms with Crippen LogP contribution in [0.3, 0.4) is 0 Å². The summed E-state index contributed by atoms with van der Waals surface area (Å²) in [6.45, 7) is 0. The smallest absolute Gasteiger partial charge is 0.279 e. The van der Waals surface area contributed by atoms with Gasteiger partial charge in [-0.2, -0.15) is 0 Å². The molecule has 0 spiro atoms. The van der Waals surface area contributed by atoms with Gasteiger partial charge >= 0.3 is 0 Å². The highest BCUT2D eigenvalue weighted by molar-refractivity contribution is 6.12. The first-order chi connectivity index (χ1) is 9.68. The van der Waals surface area contributed by atoms with Gasteiger partial charge in [0.1, 0.15) is 0 Å². The topological polar surface area (TPSA) is 76.0 Å². The molecule has 1 aromatic heterocycles. The third-order valence-corrected chi connectivity index (χ3v) is 4.86. The number of nitro benzene ring substituents is 1. The minimum Gasteiger partial charge on any atom is -0.360 e. The average molecular weight is 270 g/mol. The number of carbonyl (C=O) groups is 1. The lowest BCUT2D eigenvalue weighted by atomic mass is 10.00. The predicted octanol–water partition coefficient (Wildman–Crippen LogP) is 3.30. The van der Waals surface area contributed by atoms with Gasteiger partial charge in [0.15, 0.2) is 5.78 Å². The van der Waals surface area contributed by atoms with Gasteiger partial charge in [0.25, 0.3) is 5.69 Å². The Kier molecular flexibility index (Phi) is 2.28. The van der Waals surface area contributed by atoms with Crippen molar-refractivity contribution in [2.75, 3.05) is 0 Å². The second-order valence-corrected chi connectivity index (χ2v) is 5.81. The molecule has 2 aliphatic rings. The van der Waals surface area contributed by atoms with Crippen molar-refractivity contribution in [2.45, 2.75) is 19.3 Å². The standard InChI is InChI=1S/C15H14N2O3/c18-15(13-8-3-1-4-9(8)13)10-7-16-11-5-2-6-12(14(10)11)17(19)20/h2,5-9,13,16H,1,3-4H2. The Bertz CT molecular complexity index is 724. The monoisotopic (exact) mass is 270 g/mol. The fourth-order valence-corrected chi connectivity index (χ4v) is 3.90. The van der Waals surface area contributed by atoms with Crippen LogP contribution in [0, 0.1) is 27.9 Å². The SMILES string of the molecule is O=C(c1c[nH]c2cccc([N+](=O)[O-])c12)C1C2CCCC21. The molecule has 4 rings (SSSR count). The number of ketones is 1. The number of H-pyrrole nitrogens is 1. The Morgan fingerprint density at radius 2 is 2.05 bits per heavy atom. The van der Waals surface area contributed by atoms with E-state index in [1.165, 1.54) is 12.5 Å². The first-order valence-corrected chi connectivity index (χ1v) is 6.97. The molecule has 2 saturated carbocycles. The minimum atomic E-state index is -0.416. The molecular weight excluding hydrogens is 256 g/mol. The molecule has 2 aliphatic carbocycles. The largest absolute Gasteiger partial charge is 0.360 e. The number of aromatic nitrogens is 1. The highest BCUT2D eigenvalue weighted by Gasteiger charge is 2.56. The molecule has 2 fully saturated rings. The van der Waals surface area contributed by atoms with Gasteiger partial charge in [0, 0.05) is 18.2 Å². The molecule has 2 aromatic rings. The average Bonchev–Trinajstić information content (AvgIpc) is 2.83. The van der Waals surface area contributed by atoms with Crippen LogP contribution in [0.5, 0.6) is 0 Å². The van der Waals surface area contributed by atoms with Crippen LogP contribution in [-0.2, 0) is 0 Å². The van der Waals surface area contributed by atoms with E-state index in [2.05, 4.69) is 4.98 Å². The molecule has 1 aromatic carbocycles. The minimum absolute atomic E-state index is 0.0120. The molecule has 2 atom stereocenters. The summed E-state index contributed by atoms with van der Waals surface area (Å²) in [6, 6.07) is 4.87. The van der Waals surface area contributed by atoms with Gasteiger partial charge in [-0.25, -0.2) is 0 Å². The van der Waals surface area contributed by atoms with Gasteiger partial charge < -0.3 is 4.98 Å². The van der Waals surface area contributed by atoms with E-state index in [0.717, 1.165) is 12.8 Å². The fraction of sp³-hybridized carbons (Fsp3) is 0.400. The van der Waals surface area contributed by atoms with Crippen molar-refractivity contribution in [2.24, 2.45) is 17.8 Å². The van der Waals surface area contributed by atoms with E-state index in [-0.39, 0.29) is 17.4 Å². The Labute approximate surface area is 115 Å². The van der Waals surface area contributed by atoms with Crippen molar-refractivity contribution in [3.63, 3.8) is 0 Å². The van der Waals surface area contributed by atoms with Gasteiger partial charge in [-0.15, -0.1) is 0 Å².